The van der Waals surface area contributed by atoms with E-state index < -0.39 is 18.2 Å². The van der Waals surface area contributed by atoms with Gasteiger partial charge < -0.3 is 27.1 Å². The third-order valence-corrected chi connectivity index (χ3v) is 0. The zero-order valence-electron chi connectivity index (χ0n) is 5.69. The molecule has 12 heteroatoms. The van der Waals surface area contributed by atoms with Crippen LogP contribution >= 0.6 is 7.82 Å². The summed E-state index contributed by atoms with van der Waals surface area (Å²) in [5.41, 5.74) is 0. The summed E-state index contributed by atoms with van der Waals surface area (Å²) in [7, 11) is -9.31. The van der Waals surface area contributed by atoms with E-state index in [1.54, 1.807) is 0 Å². The van der Waals surface area contributed by atoms with Gasteiger partial charge in [-0.15, -0.1) is 0 Å². The van der Waals surface area contributed by atoms with Crippen LogP contribution in [-0.4, -0.2) is 32.2 Å². The van der Waals surface area contributed by atoms with Crippen molar-refractivity contribution in [2.24, 2.45) is 0 Å². The number of hydrogen-bond donors (Lipinski definition) is 5. The number of halogens is 1. The summed E-state index contributed by atoms with van der Waals surface area (Å²) >= 11 is 0. The van der Waals surface area contributed by atoms with Gasteiger partial charge in [0, 0.05) is 0 Å². The number of phosphoric acid groups is 1. The molecule has 0 bridgehead atoms. The Bertz CT molecular complexity index is 197. The Hall–Kier alpha value is 1.91. The summed E-state index contributed by atoms with van der Waals surface area (Å²) < 4.78 is 40.5. The van der Waals surface area contributed by atoms with Gasteiger partial charge in [0.25, 0.3) is 0 Å². The molecule has 0 aromatic rings. The SMILES string of the molecule is O=P(O)(O)O.O=S(=O)(O)O.[Cl-].[K+]. The summed E-state index contributed by atoms with van der Waals surface area (Å²) in [5.74, 6) is 0. The Labute approximate surface area is 117 Å². The Morgan fingerprint density at radius 3 is 1.00 bits per heavy atom. The fourth-order valence-corrected chi connectivity index (χ4v) is 0. The predicted octanol–water partition coefficient (Wildman–Crippen LogP) is -7.57. The van der Waals surface area contributed by atoms with Gasteiger partial charge in [-0.2, -0.15) is 8.42 Å². The molecule has 0 fully saturated rings. The molecule has 0 aromatic carbocycles. The van der Waals surface area contributed by atoms with Gasteiger partial charge in [-0.1, -0.05) is 0 Å². The second-order valence-corrected chi connectivity index (χ2v) is 2.88. The van der Waals surface area contributed by atoms with Gasteiger partial charge in [-0.25, -0.2) is 4.57 Å². The summed E-state index contributed by atoms with van der Waals surface area (Å²) in [4.78, 5) is 21.6. The molecule has 0 heterocycles. The molecule has 0 aliphatic rings. The third kappa shape index (κ3) is 390. The molecular formula is H5ClKO8PS. The van der Waals surface area contributed by atoms with Crippen LogP contribution in [0, 0.1) is 0 Å². The molecule has 72 valence electrons. The van der Waals surface area contributed by atoms with Gasteiger partial charge in [0.1, 0.15) is 0 Å². The zero-order valence-corrected chi connectivity index (χ0v) is 11.3. The molecule has 0 spiro atoms. The van der Waals surface area contributed by atoms with Crippen LogP contribution in [-0.2, 0) is 15.0 Å². The Balaban J connectivity index is -0.0000000457. The van der Waals surface area contributed by atoms with E-state index in [9.17, 15) is 0 Å². The van der Waals surface area contributed by atoms with Crippen LogP contribution in [0.5, 0.6) is 0 Å². The Kier molecular flexibility index (Phi) is 18.6. The molecule has 0 unspecified atom stereocenters. The number of rotatable bonds is 0. The van der Waals surface area contributed by atoms with Crippen molar-refractivity contribution in [2.45, 2.75) is 0 Å². The molecule has 0 saturated carbocycles. The molecule has 12 heavy (non-hydrogen) atoms. The molecule has 5 N–H and O–H groups in total. The summed E-state index contributed by atoms with van der Waals surface area (Å²) in [6, 6.07) is 0. The molecule has 0 amide bonds. The zero-order chi connectivity index (χ0) is 9.00. The van der Waals surface area contributed by atoms with E-state index in [1.165, 1.54) is 0 Å². The molecule has 0 aromatic heterocycles. The van der Waals surface area contributed by atoms with Gasteiger partial charge in [0.2, 0.25) is 0 Å². The molecule has 0 rings (SSSR count). The predicted molar refractivity (Wildman–Crippen MR) is 28.4 cm³/mol. The first kappa shape index (κ1) is 23.6. The van der Waals surface area contributed by atoms with Crippen molar-refractivity contribution in [2.75, 3.05) is 0 Å². The van der Waals surface area contributed by atoms with E-state index in [-0.39, 0.29) is 63.8 Å². The van der Waals surface area contributed by atoms with Crippen LogP contribution in [0.3, 0.4) is 0 Å². The van der Waals surface area contributed by atoms with Crippen molar-refractivity contribution in [1.82, 2.24) is 0 Å². The minimum absolute atomic E-state index is 0. The minimum atomic E-state index is -4.67. The van der Waals surface area contributed by atoms with Crippen LogP contribution in [0.1, 0.15) is 0 Å². The van der Waals surface area contributed by atoms with Crippen molar-refractivity contribution in [3.63, 3.8) is 0 Å². The van der Waals surface area contributed by atoms with Crippen LogP contribution < -0.4 is 63.8 Å². The van der Waals surface area contributed by atoms with Crippen LogP contribution in [0.25, 0.3) is 0 Å². The van der Waals surface area contributed by atoms with Crippen molar-refractivity contribution in [3.05, 3.63) is 0 Å². The fraction of sp³-hybridized carbons (Fsp3) is 0. The van der Waals surface area contributed by atoms with Gasteiger partial charge in [0.15, 0.2) is 0 Å². The van der Waals surface area contributed by atoms with Crippen molar-refractivity contribution in [1.29, 1.82) is 0 Å². The average molecular weight is 271 g/mol. The fourth-order valence-electron chi connectivity index (χ4n) is 0. The van der Waals surface area contributed by atoms with E-state index in [0.717, 1.165) is 0 Å². The smallest absolute Gasteiger partial charge is 1.00 e. The Morgan fingerprint density at radius 2 is 1.00 bits per heavy atom. The second-order valence-electron chi connectivity index (χ2n) is 0.961. The van der Waals surface area contributed by atoms with E-state index in [4.69, 9.17) is 36.8 Å². The third-order valence-electron chi connectivity index (χ3n) is 0. The monoisotopic (exact) mass is 270 g/mol. The molecular weight excluding hydrogens is 266 g/mol. The van der Waals surface area contributed by atoms with Crippen LogP contribution in [0.15, 0.2) is 0 Å². The summed E-state index contributed by atoms with van der Waals surface area (Å²) in [6.45, 7) is 0. The summed E-state index contributed by atoms with van der Waals surface area (Å²) in [5, 5.41) is 0. The maximum atomic E-state index is 8.88. The topological polar surface area (TPSA) is 152 Å². The standard InChI is InChI=1S/ClH.K.H3O4P.H2O4S/c;;2*1-5(2,3)4/h1H;;(H3,1,2,3,4);(H2,1,2,3,4)/q;+1;;/p-1. The van der Waals surface area contributed by atoms with Crippen molar-refractivity contribution < 1.29 is 101 Å². The van der Waals surface area contributed by atoms with Crippen LogP contribution in [0.2, 0.25) is 0 Å². The van der Waals surface area contributed by atoms with Crippen molar-refractivity contribution >= 4 is 18.2 Å². The molecule has 8 nitrogen and oxygen atoms in total. The second kappa shape index (κ2) is 9.46. The first-order chi connectivity index (χ1) is 4.00. The average Bonchev–Trinajstić information content (AvgIpc) is 1.12. The maximum absolute atomic E-state index is 8.88. The van der Waals surface area contributed by atoms with E-state index in [1.807, 2.05) is 0 Å². The maximum Gasteiger partial charge on any atom is 1.00 e. The molecule has 0 aliphatic heterocycles. The largest absolute Gasteiger partial charge is 1.00 e. The van der Waals surface area contributed by atoms with Gasteiger partial charge in [0.05, 0.1) is 0 Å². The molecule has 0 radical (unpaired) electrons. The summed E-state index contributed by atoms with van der Waals surface area (Å²) in [6.07, 6.45) is 0. The van der Waals surface area contributed by atoms with Crippen LogP contribution in [0.4, 0.5) is 0 Å². The first-order valence-electron chi connectivity index (χ1n) is 1.48. The van der Waals surface area contributed by atoms with E-state index in [0.29, 0.717) is 0 Å². The first-order valence-corrected chi connectivity index (χ1v) is 4.44. The van der Waals surface area contributed by atoms with Gasteiger partial charge in [-0.3, -0.25) is 9.11 Å². The van der Waals surface area contributed by atoms with Gasteiger partial charge in [-0.05, 0) is 0 Å². The van der Waals surface area contributed by atoms with Crippen molar-refractivity contribution in [3.8, 4) is 0 Å². The molecule has 0 saturated heterocycles. The minimum Gasteiger partial charge on any atom is -1.00 e. The molecule has 0 atom stereocenters. The van der Waals surface area contributed by atoms with Gasteiger partial charge >= 0.3 is 69.6 Å². The van der Waals surface area contributed by atoms with E-state index in [2.05, 4.69) is 0 Å². The Morgan fingerprint density at radius 1 is 1.00 bits per heavy atom. The number of hydrogen-bond acceptors (Lipinski definition) is 3. The van der Waals surface area contributed by atoms with E-state index >= 15 is 0 Å². The quantitative estimate of drug-likeness (QED) is 0.165. The normalized spacial score (nSPS) is 9.75. The molecule has 0 aliphatic carbocycles.